The van der Waals surface area contributed by atoms with E-state index in [-0.39, 0.29) is 81.1 Å². The van der Waals surface area contributed by atoms with Gasteiger partial charge in [-0.15, -0.1) is 22.7 Å². The van der Waals surface area contributed by atoms with E-state index in [4.69, 9.17) is 61.9 Å². The van der Waals surface area contributed by atoms with Gasteiger partial charge in [-0.25, -0.2) is 39.1 Å². The smallest absolute Gasteiger partial charge is 0.408 e. The number of carboxylic acid groups (broad SMARTS) is 2. The quantitative estimate of drug-likeness (QED) is 0.0130. The number of hydrogen-bond donors (Lipinski definition) is 7. The summed E-state index contributed by atoms with van der Waals surface area (Å²) in [6.07, 6.45) is 19.9. The van der Waals surface area contributed by atoms with Crippen LogP contribution in [0.1, 0.15) is 190 Å². The van der Waals surface area contributed by atoms with Crippen LogP contribution in [0.4, 0.5) is 19.9 Å². The second-order valence-electron chi connectivity index (χ2n) is 34.6. The zero-order valence-corrected chi connectivity index (χ0v) is 78.6. The van der Waals surface area contributed by atoms with E-state index in [2.05, 4.69) is 45.3 Å². The Kier molecular flexibility index (Phi) is 34.2. The molecular weight excluding hydrogens is 1740 g/mol. The zero-order chi connectivity index (χ0) is 92.3. The van der Waals surface area contributed by atoms with Crippen LogP contribution in [0.25, 0.3) is 44.6 Å². The minimum Gasteiger partial charge on any atom is -0.497 e. The molecule has 4 aliphatic carbocycles. The number of aldehydes is 1. The average molecular weight is 1860 g/mol. The van der Waals surface area contributed by atoms with E-state index in [0.29, 0.717) is 132 Å². The molecule has 6 aromatic rings. The molecule has 6 fully saturated rings. The normalized spacial score (nSPS) is 25.0. The highest BCUT2D eigenvalue weighted by molar-refractivity contribution is 7.58. The molecule has 11 atom stereocenters. The number of alkyl carbamates (subject to hydrolysis) is 2. The van der Waals surface area contributed by atoms with Crippen LogP contribution < -0.4 is 50.4 Å². The first-order valence-corrected chi connectivity index (χ1v) is 50.9. The number of benzene rings is 2. The number of carboxylic acids is 2. The van der Waals surface area contributed by atoms with E-state index in [1.54, 1.807) is 52.9 Å². The van der Waals surface area contributed by atoms with E-state index in [9.17, 15) is 62.5 Å². The van der Waals surface area contributed by atoms with Crippen molar-refractivity contribution < 1.29 is 104 Å². The number of hydrogen-bond acceptors (Lipinski definition) is 28. The van der Waals surface area contributed by atoms with Crippen molar-refractivity contribution in [1.29, 1.82) is 0 Å². The number of fused-ring (bicyclic) bond motifs is 6. The van der Waals surface area contributed by atoms with Gasteiger partial charge in [0.15, 0.2) is 10.3 Å². The summed E-state index contributed by atoms with van der Waals surface area (Å²) < 4.78 is 75.4. The van der Waals surface area contributed by atoms with E-state index in [1.165, 1.54) is 32.5 Å². The zero-order valence-electron chi connectivity index (χ0n) is 75.2. The predicted molar refractivity (Wildman–Crippen MR) is 490 cm³/mol. The highest BCUT2D eigenvalue weighted by atomic mass is 32.1. The number of rotatable bonds is 29. The topological polar surface area (TPSA) is 433 Å². The molecule has 6 amide bonds. The van der Waals surface area contributed by atoms with Crippen LogP contribution in [0.5, 0.6) is 23.0 Å². The summed E-state index contributed by atoms with van der Waals surface area (Å²) in [5.41, 5.74) is 0.611. The van der Waals surface area contributed by atoms with Crippen molar-refractivity contribution in [3.05, 3.63) is 83.6 Å². The number of nitrogens with one attached hydrogen (secondary N) is 5. The van der Waals surface area contributed by atoms with Crippen molar-refractivity contribution in [3.63, 3.8) is 0 Å². The van der Waals surface area contributed by atoms with Gasteiger partial charge in [-0.2, -0.15) is 0 Å². The third-order valence-corrected chi connectivity index (χ3v) is 29.8. The molecule has 0 spiro atoms. The van der Waals surface area contributed by atoms with Gasteiger partial charge in [0, 0.05) is 102 Å². The lowest BCUT2D eigenvalue weighted by molar-refractivity contribution is -0.146. The second kappa shape index (κ2) is 44.9. The highest BCUT2D eigenvalue weighted by Gasteiger charge is 2.63. The van der Waals surface area contributed by atoms with Gasteiger partial charge in [0.2, 0.25) is 31.0 Å². The molecule has 1 unspecified atom stereocenters. The number of methoxy groups -OCH3 is 2. The molecular formula is C91H124N12O22P2S2. The lowest BCUT2D eigenvalue weighted by atomic mass is 10.0. The largest absolute Gasteiger partial charge is 0.497 e. The number of thiazole rings is 2. The summed E-state index contributed by atoms with van der Waals surface area (Å²) in [6, 6.07) is 10.8. The van der Waals surface area contributed by atoms with E-state index < -0.39 is 110 Å². The van der Waals surface area contributed by atoms with Gasteiger partial charge in [-0.1, -0.05) is 50.0 Å². The number of aromatic nitrogens is 4. The Labute approximate surface area is 760 Å². The van der Waals surface area contributed by atoms with Crippen LogP contribution in [0.2, 0.25) is 0 Å². The van der Waals surface area contributed by atoms with Gasteiger partial charge in [0.1, 0.15) is 106 Å². The fourth-order valence-electron chi connectivity index (χ4n) is 17.4. The third kappa shape index (κ3) is 25.5. The monoisotopic (exact) mass is 1860 g/mol. The Morgan fingerprint density at radius 2 is 1.04 bits per heavy atom. The molecule has 4 aliphatic heterocycles. The second-order valence-corrected chi connectivity index (χ2v) is 41.2. The van der Waals surface area contributed by atoms with Crippen LogP contribution in [-0.4, -0.2) is 238 Å². The highest BCUT2D eigenvalue weighted by Crippen LogP contribution is 2.50. The molecule has 2 aromatic carbocycles. The van der Waals surface area contributed by atoms with E-state index >= 15 is 0 Å². The molecule has 702 valence electrons. The summed E-state index contributed by atoms with van der Waals surface area (Å²) in [6.45, 7) is 16.6. The van der Waals surface area contributed by atoms with Gasteiger partial charge >= 0.3 is 31.7 Å². The van der Waals surface area contributed by atoms with Crippen molar-refractivity contribution in [2.24, 2.45) is 11.8 Å². The van der Waals surface area contributed by atoms with Crippen molar-refractivity contribution >= 4 is 124 Å². The number of carbonyl (C=O) groups excluding carboxylic acids is 7. The Hall–Kier alpha value is -9.83. The Morgan fingerprint density at radius 1 is 0.589 bits per heavy atom. The summed E-state index contributed by atoms with van der Waals surface area (Å²) in [4.78, 5) is 144. The predicted octanol–water partition coefficient (Wildman–Crippen LogP) is 14.9. The first kappa shape index (κ1) is 98.2. The maximum absolute atomic E-state index is 14.7. The molecule has 8 heterocycles. The molecule has 7 N–H and O–H groups in total. The van der Waals surface area contributed by atoms with Gasteiger partial charge < -0.3 is 98.3 Å². The van der Waals surface area contributed by atoms with Crippen LogP contribution in [0, 0.1) is 11.8 Å². The fourth-order valence-corrected chi connectivity index (χ4v) is 21.8. The Bertz CT molecular complexity index is 5110. The lowest BCUT2D eigenvalue weighted by Crippen LogP contribution is -2.56. The summed E-state index contributed by atoms with van der Waals surface area (Å²) in [5, 5.41) is 41.9. The number of ether oxygens (including phenoxy) is 6. The molecule has 0 radical (unpaired) electrons. The SMILES string of the molecule is CCOP(=O)(CC=O)OCC.CCOP(C)(=O)CCN(c1nc(-c2cc(O[C@@H]3C[C@H]4C(=O)N[C@]5(C(=O)O)C[C@H]5/C=C\CCCCC[C@H](NC(=O)OC5CCCC5)C(=O)N4C3)c3ccc(OC)cc3n2)cs1)C(C)C.COc1ccc2c(O[C@@H]3C[C@H]4C(=O)N[C@]5(C(=O)O)C[C@H]5/C=C\CCCCC[C@H](NC(=O)OC5CCCC5)C(=O)N4C3)cc(-c3csc(NC(C)C)n3)nc2c1. The van der Waals surface area contributed by atoms with Gasteiger partial charge in [-0.05, 0) is 175 Å². The number of carbonyl (C=O) groups is 9. The van der Waals surface area contributed by atoms with Gasteiger partial charge in [0.05, 0.1) is 69.6 Å². The van der Waals surface area contributed by atoms with Crippen molar-refractivity contribution in [3.8, 4) is 45.8 Å². The average Bonchev–Trinajstić information content (AvgIpc) is 1.58. The van der Waals surface area contributed by atoms with Crippen LogP contribution >= 0.6 is 37.6 Å². The Morgan fingerprint density at radius 3 is 1.47 bits per heavy atom. The first-order chi connectivity index (χ1) is 61.9. The standard InChI is InChI=1S/C45H61N6O10PS.C40H50N6O8S.C6H13O4P/c1-6-59-62(5,57)21-20-50(28(2)3)43-47-37(27-63-43)36-24-39(33-19-18-31(58-4)22-35(33)46-36)60-32-23-38-40(52)49-45(42(54)55)25-29(45)14-10-8-7-9-11-17-34(41(53)51(38)26-32)48-44(56)61-30-15-12-13-16-30;1-23(2)41-38-43-32(22-55-38)31-19-34(28-16-15-26(52-3)17-30(28)42-31)53-27-18-33-35(47)45-40(37(49)50)20-24(40)11-7-5-4-6-8-14-29(36(48)46(33)21-27)44-39(51)54-25-12-9-10-13-25;1-3-9-11(8,6-5-7)10-4-2/h10,14,18-19,22,24,27-30,32,34,38H,6-9,11-13,15-17,20-21,23,25-26H2,1-5H3,(H,48,56)(H,49,52)(H,54,55);7,11,15-17,19,22-25,27,29,33H,4-6,8-10,12-14,18,20-21H2,1-3H3,(H,41,43)(H,44,51)(H,45,47)(H,49,50);5H,3-4,6H2,1-2H3/b14-10-;11-7-;/t29-,32-,34+,38+,45-,62?;24-,27-,29+,33+,40-;/m11./s1. The fraction of sp³-hybridized carbons (Fsp3) is 0.593. The van der Waals surface area contributed by atoms with E-state index in [0.717, 1.165) is 100 Å². The summed E-state index contributed by atoms with van der Waals surface area (Å²) in [5.74, 6) is -2.89. The van der Waals surface area contributed by atoms with Crippen LogP contribution in [0.3, 0.4) is 0 Å². The lowest BCUT2D eigenvalue weighted by Gasteiger charge is -2.29. The molecule has 34 nitrogen and oxygen atoms in total. The maximum Gasteiger partial charge on any atom is 0.408 e. The molecule has 2 saturated heterocycles. The minimum atomic E-state index is -3.09. The van der Waals surface area contributed by atoms with E-state index in [1.807, 2.05) is 86.2 Å². The molecule has 8 aliphatic rings. The van der Waals surface area contributed by atoms with Crippen LogP contribution in [0.15, 0.2) is 83.6 Å². The minimum absolute atomic E-state index is 0.00128. The first-order valence-electron chi connectivity index (χ1n) is 45.2. The molecule has 38 heteroatoms. The molecule has 4 saturated carbocycles. The summed E-state index contributed by atoms with van der Waals surface area (Å²) in [7, 11) is -2.71. The molecule has 129 heavy (non-hydrogen) atoms. The van der Waals surface area contributed by atoms with Crippen LogP contribution in [-0.2, 0) is 65.7 Å². The molecule has 4 aromatic heterocycles. The molecule has 14 rings (SSSR count). The number of anilines is 2. The van der Waals surface area contributed by atoms with Gasteiger partial charge in [0.25, 0.3) is 0 Å². The number of allylic oxidation sites excluding steroid dienone is 2. The van der Waals surface area contributed by atoms with Crippen molar-refractivity contribution in [1.82, 2.24) is 51.0 Å². The summed E-state index contributed by atoms with van der Waals surface area (Å²) >= 11 is 2.92. The van der Waals surface area contributed by atoms with Crippen molar-refractivity contribution in [2.75, 3.05) is 82.9 Å². The van der Waals surface area contributed by atoms with Gasteiger partial charge in [-0.3, -0.25) is 28.3 Å². The molecule has 0 bridgehead atoms. The maximum atomic E-state index is 14.7. The third-order valence-electron chi connectivity index (χ3n) is 24.4. The number of amides is 6. The number of nitrogens with zero attached hydrogens (tertiary/aromatic N) is 7. The number of pyridine rings is 2. The Balaban J connectivity index is 0.000000210. The van der Waals surface area contributed by atoms with Crippen molar-refractivity contribution in [2.45, 2.75) is 261 Å². The number of aliphatic carboxylic acids is 2.